The molecule has 1 fully saturated rings. The molecule has 9 heteroatoms. The van der Waals surface area contributed by atoms with Crippen LogP contribution in [0.5, 0.6) is 0 Å². The van der Waals surface area contributed by atoms with Gasteiger partial charge in [-0.15, -0.1) is 0 Å². The molecule has 0 bridgehead atoms. The number of benzene rings is 1. The number of carbonyl (C=O) groups excluding carboxylic acids is 3. The predicted molar refractivity (Wildman–Crippen MR) is 121 cm³/mol. The van der Waals surface area contributed by atoms with Gasteiger partial charge in [0.1, 0.15) is 6.04 Å². The average molecular weight is 462 g/mol. The Bertz CT molecular complexity index is 989. The van der Waals surface area contributed by atoms with Gasteiger partial charge >= 0.3 is 0 Å². The zero-order chi connectivity index (χ0) is 23.6. The summed E-state index contributed by atoms with van der Waals surface area (Å²) in [4.78, 5) is 40.4. The number of nitrogens with one attached hydrogen (secondary N) is 2. The molecule has 0 spiro atoms. The van der Waals surface area contributed by atoms with Crippen molar-refractivity contribution >= 4 is 33.4 Å². The number of rotatable bonds is 8. The SMILES string of the molecule is CC(C)CC(C(=O)Nc1ccc(S(=O)(=O)NC(C)C)cc1)N1C(=O)C2CC=CCC2C1=O. The lowest BCUT2D eigenvalue weighted by atomic mass is 9.85. The third kappa shape index (κ3) is 5.10. The number of nitrogens with zero attached hydrogens (tertiary/aromatic N) is 1. The number of amides is 3. The fourth-order valence-electron chi connectivity index (χ4n) is 4.23. The van der Waals surface area contributed by atoms with Crippen LogP contribution >= 0.6 is 0 Å². The molecule has 3 atom stereocenters. The second kappa shape index (κ2) is 9.54. The molecule has 2 N–H and O–H groups in total. The van der Waals surface area contributed by atoms with Crippen molar-refractivity contribution in [3.63, 3.8) is 0 Å². The van der Waals surface area contributed by atoms with Crippen molar-refractivity contribution in [1.29, 1.82) is 0 Å². The van der Waals surface area contributed by atoms with E-state index in [0.717, 1.165) is 4.90 Å². The number of fused-ring (bicyclic) bond motifs is 1. The van der Waals surface area contributed by atoms with Crippen molar-refractivity contribution in [3.05, 3.63) is 36.4 Å². The summed E-state index contributed by atoms with van der Waals surface area (Å²) in [5.41, 5.74) is 0.394. The standard InChI is InChI=1S/C23H31N3O5S/c1-14(2)13-20(26-22(28)18-7-5-6-8-19(18)23(26)29)21(27)24-16-9-11-17(12-10-16)32(30,31)25-15(3)4/h5-6,9-12,14-15,18-20,25H,7-8,13H2,1-4H3,(H,24,27). The molecule has 1 aliphatic heterocycles. The quantitative estimate of drug-likeness (QED) is 0.457. The number of hydrogen-bond donors (Lipinski definition) is 2. The van der Waals surface area contributed by atoms with Crippen molar-refractivity contribution in [2.75, 3.05) is 5.32 Å². The number of carbonyl (C=O) groups is 3. The molecule has 3 unspecified atom stereocenters. The Kier molecular flexibility index (Phi) is 7.19. The second-order valence-corrected chi connectivity index (χ2v) is 10.9. The molecule has 1 saturated heterocycles. The van der Waals surface area contributed by atoms with E-state index in [1.165, 1.54) is 24.3 Å². The van der Waals surface area contributed by atoms with Gasteiger partial charge in [0.15, 0.2) is 0 Å². The molecule has 174 valence electrons. The summed E-state index contributed by atoms with van der Waals surface area (Å²) in [5.74, 6) is -1.73. The average Bonchev–Trinajstić information content (AvgIpc) is 2.96. The highest BCUT2D eigenvalue weighted by Crippen LogP contribution is 2.37. The Balaban J connectivity index is 1.79. The Labute approximate surface area is 189 Å². The predicted octanol–water partition coefficient (Wildman–Crippen LogP) is 2.68. The van der Waals surface area contributed by atoms with Gasteiger partial charge in [0.2, 0.25) is 27.7 Å². The lowest BCUT2D eigenvalue weighted by molar-refractivity contribution is -0.147. The molecule has 1 aromatic carbocycles. The van der Waals surface area contributed by atoms with Crippen molar-refractivity contribution in [3.8, 4) is 0 Å². The molecule has 0 aromatic heterocycles. The summed E-state index contributed by atoms with van der Waals surface area (Å²) in [7, 11) is -3.64. The summed E-state index contributed by atoms with van der Waals surface area (Å²) < 4.78 is 27.1. The van der Waals surface area contributed by atoms with Gasteiger partial charge in [-0.1, -0.05) is 26.0 Å². The van der Waals surface area contributed by atoms with Gasteiger partial charge in [-0.05, 0) is 63.3 Å². The summed E-state index contributed by atoms with van der Waals surface area (Å²) in [6.45, 7) is 7.32. The smallest absolute Gasteiger partial charge is 0.247 e. The van der Waals surface area contributed by atoms with E-state index < -0.39 is 33.8 Å². The molecule has 1 heterocycles. The van der Waals surface area contributed by atoms with Crippen LogP contribution in [0, 0.1) is 17.8 Å². The topological polar surface area (TPSA) is 113 Å². The van der Waals surface area contributed by atoms with Crippen molar-refractivity contribution in [2.45, 2.75) is 63.9 Å². The van der Waals surface area contributed by atoms with E-state index in [0.29, 0.717) is 24.9 Å². The number of allylic oxidation sites excluding steroid dienone is 2. The van der Waals surface area contributed by atoms with Crippen LogP contribution in [0.25, 0.3) is 0 Å². The van der Waals surface area contributed by atoms with Crippen molar-refractivity contribution in [2.24, 2.45) is 17.8 Å². The van der Waals surface area contributed by atoms with Crippen LogP contribution in [0.4, 0.5) is 5.69 Å². The number of sulfonamides is 1. The molecule has 32 heavy (non-hydrogen) atoms. The van der Waals surface area contributed by atoms with Gasteiger partial charge in [-0.2, -0.15) is 0 Å². The van der Waals surface area contributed by atoms with E-state index in [1.54, 1.807) is 13.8 Å². The maximum absolute atomic E-state index is 13.2. The maximum atomic E-state index is 13.2. The van der Waals surface area contributed by atoms with Gasteiger partial charge in [0.05, 0.1) is 16.7 Å². The van der Waals surface area contributed by atoms with E-state index in [4.69, 9.17) is 0 Å². The minimum Gasteiger partial charge on any atom is -0.324 e. The highest BCUT2D eigenvalue weighted by atomic mass is 32.2. The normalized spacial score (nSPS) is 21.9. The summed E-state index contributed by atoms with van der Waals surface area (Å²) in [6, 6.07) is 4.65. The number of hydrogen-bond acceptors (Lipinski definition) is 5. The molecule has 0 radical (unpaired) electrons. The Hall–Kier alpha value is -2.52. The van der Waals surface area contributed by atoms with Crippen LogP contribution in [0.3, 0.4) is 0 Å². The second-order valence-electron chi connectivity index (χ2n) is 9.14. The highest BCUT2D eigenvalue weighted by molar-refractivity contribution is 7.89. The monoisotopic (exact) mass is 461 g/mol. The molecular weight excluding hydrogens is 430 g/mol. The number of likely N-dealkylation sites (tertiary alicyclic amines) is 1. The molecular formula is C23H31N3O5S. The van der Waals surface area contributed by atoms with Crippen LogP contribution in [-0.4, -0.2) is 43.1 Å². The fraction of sp³-hybridized carbons (Fsp3) is 0.522. The van der Waals surface area contributed by atoms with Gasteiger partial charge in [0, 0.05) is 11.7 Å². The largest absolute Gasteiger partial charge is 0.324 e. The maximum Gasteiger partial charge on any atom is 0.247 e. The third-order valence-corrected chi connectivity index (χ3v) is 7.35. The van der Waals surface area contributed by atoms with E-state index in [-0.39, 0.29) is 28.7 Å². The van der Waals surface area contributed by atoms with Crippen LogP contribution in [0.15, 0.2) is 41.3 Å². The van der Waals surface area contributed by atoms with Crippen LogP contribution in [0.2, 0.25) is 0 Å². The molecule has 1 aromatic rings. The number of anilines is 1. The third-order valence-electron chi connectivity index (χ3n) is 5.67. The summed E-state index contributed by atoms with van der Waals surface area (Å²) >= 11 is 0. The zero-order valence-corrected chi connectivity index (χ0v) is 19.7. The van der Waals surface area contributed by atoms with E-state index >= 15 is 0 Å². The molecule has 2 aliphatic rings. The first kappa shape index (κ1) is 24.1. The Morgan fingerprint density at radius 1 is 1.00 bits per heavy atom. The van der Waals surface area contributed by atoms with Crippen molar-refractivity contribution < 1.29 is 22.8 Å². The van der Waals surface area contributed by atoms with Crippen LogP contribution < -0.4 is 10.0 Å². The Morgan fingerprint density at radius 3 is 2.00 bits per heavy atom. The lowest BCUT2D eigenvalue weighted by Crippen LogP contribution is -2.48. The molecule has 3 amide bonds. The molecule has 8 nitrogen and oxygen atoms in total. The Morgan fingerprint density at radius 2 is 1.53 bits per heavy atom. The van der Waals surface area contributed by atoms with Gasteiger partial charge < -0.3 is 5.32 Å². The number of imide groups is 1. The first-order valence-electron chi connectivity index (χ1n) is 11.0. The first-order valence-corrected chi connectivity index (χ1v) is 12.4. The minimum absolute atomic E-state index is 0.0849. The van der Waals surface area contributed by atoms with Crippen LogP contribution in [-0.2, 0) is 24.4 Å². The van der Waals surface area contributed by atoms with Crippen molar-refractivity contribution in [1.82, 2.24) is 9.62 Å². The lowest BCUT2D eigenvalue weighted by Gasteiger charge is -2.27. The van der Waals surface area contributed by atoms with E-state index in [1.807, 2.05) is 26.0 Å². The van der Waals surface area contributed by atoms with Gasteiger partial charge in [0.25, 0.3) is 0 Å². The summed E-state index contributed by atoms with van der Waals surface area (Å²) in [5, 5.41) is 2.75. The molecule has 3 rings (SSSR count). The highest BCUT2D eigenvalue weighted by Gasteiger charge is 2.51. The van der Waals surface area contributed by atoms with Gasteiger partial charge in [-0.25, -0.2) is 13.1 Å². The zero-order valence-electron chi connectivity index (χ0n) is 18.9. The fourth-order valence-corrected chi connectivity index (χ4v) is 5.48. The van der Waals surface area contributed by atoms with E-state index in [2.05, 4.69) is 10.0 Å². The molecule has 0 saturated carbocycles. The summed E-state index contributed by atoms with van der Waals surface area (Å²) in [6.07, 6.45) is 5.21. The first-order chi connectivity index (χ1) is 15.0. The minimum atomic E-state index is -3.64. The van der Waals surface area contributed by atoms with E-state index in [9.17, 15) is 22.8 Å². The molecule has 1 aliphatic carbocycles. The van der Waals surface area contributed by atoms with Crippen LogP contribution in [0.1, 0.15) is 47.0 Å². The van der Waals surface area contributed by atoms with Gasteiger partial charge in [-0.3, -0.25) is 19.3 Å².